The van der Waals surface area contributed by atoms with Gasteiger partial charge < -0.3 is 9.80 Å². The molecule has 0 fully saturated rings. The Morgan fingerprint density at radius 3 is 2.41 bits per heavy atom. The normalized spacial score (nSPS) is 14.6. The van der Waals surface area contributed by atoms with Crippen LogP contribution in [0.4, 0.5) is 30.4 Å². The number of para-hydroxylation sites is 1. The smallest absolute Gasteiger partial charge is 0.348 e. The van der Waals surface area contributed by atoms with Crippen molar-refractivity contribution in [3.63, 3.8) is 0 Å². The maximum absolute atomic E-state index is 12.9. The number of fused-ring (bicyclic) bond motifs is 1. The minimum Gasteiger partial charge on any atom is -0.348 e. The molecular formula is C16H16F3N3. The van der Waals surface area contributed by atoms with Crippen LogP contribution in [0.2, 0.25) is 0 Å². The first-order valence-corrected chi connectivity index (χ1v) is 7.04. The highest BCUT2D eigenvalue weighted by atomic mass is 19.4. The van der Waals surface area contributed by atoms with E-state index in [0.717, 1.165) is 11.9 Å². The van der Waals surface area contributed by atoms with Gasteiger partial charge in [-0.1, -0.05) is 18.2 Å². The lowest BCUT2D eigenvalue weighted by atomic mass is 10.2. The van der Waals surface area contributed by atoms with Gasteiger partial charge in [-0.05, 0) is 32.0 Å². The predicted molar refractivity (Wildman–Crippen MR) is 80.3 cm³/mol. The molecule has 0 N–H and O–H groups in total. The Bertz CT molecular complexity index is 668. The molecule has 0 aliphatic carbocycles. The monoisotopic (exact) mass is 307 g/mol. The first kappa shape index (κ1) is 14.7. The summed E-state index contributed by atoms with van der Waals surface area (Å²) < 4.78 is 38.8. The Morgan fingerprint density at radius 2 is 1.82 bits per heavy atom. The summed E-state index contributed by atoms with van der Waals surface area (Å²) in [7, 11) is 0. The molecule has 1 aliphatic rings. The molecule has 2 heterocycles. The number of nitrogens with zero attached hydrogens (tertiary/aromatic N) is 3. The summed E-state index contributed by atoms with van der Waals surface area (Å²) in [5.74, 6) is 0.563. The van der Waals surface area contributed by atoms with E-state index in [4.69, 9.17) is 0 Å². The Morgan fingerprint density at radius 1 is 1.14 bits per heavy atom. The molecule has 22 heavy (non-hydrogen) atoms. The van der Waals surface area contributed by atoms with Gasteiger partial charge in [0.25, 0.3) is 0 Å². The lowest BCUT2D eigenvalue weighted by Gasteiger charge is -2.24. The predicted octanol–water partition coefficient (Wildman–Crippen LogP) is 4.42. The van der Waals surface area contributed by atoms with E-state index in [1.54, 1.807) is 0 Å². The van der Waals surface area contributed by atoms with Crippen LogP contribution in [-0.2, 0) is 6.18 Å². The average molecular weight is 307 g/mol. The van der Waals surface area contributed by atoms with Gasteiger partial charge >= 0.3 is 6.18 Å². The zero-order valence-corrected chi connectivity index (χ0v) is 12.3. The molecule has 0 saturated carbocycles. The van der Waals surface area contributed by atoms with Crippen molar-refractivity contribution < 1.29 is 13.2 Å². The molecule has 6 heteroatoms. The Balaban J connectivity index is 2.08. The number of aromatic nitrogens is 1. The van der Waals surface area contributed by atoms with Crippen molar-refractivity contribution in [1.82, 2.24) is 4.98 Å². The molecule has 0 atom stereocenters. The van der Waals surface area contributed by atoms with Gasteiger partial charge in [-0.15, -0.1) is 0 Å². The van der Waals surface area contributed by atoms with E-state index in [-0.39, 0.29) is 6.04 Å². The van der Waals surface area contributed by atoms with Gasteiger partial charge in [-0.3, -0.25) is 0 Å². The number of hydrogen-bond donors (Lipinski definition) is 0. The maximum atomic E-state index is 12.9. The molecule has 3 nitrogen and oxygen atoms in total. The molecule has 2 aromatic rings. The fraction of sp³-hybridized carbons (Fsp3) is 0.312. The summed E-state index contributed by atoms with van der Waals surface area (Å²) in [6, 6.07) is 10.8. The van der Waals surface area contributed by atoms with Crippen LogP contribution in [0.15, 0.2) is 42.6 Å². The van der Waals surface area contributed by atoms with Crippen molar-refractivity contribution in [3.8, 4) is 0 Å². The van der Waals surface area contributed by atoms with Crippen LogP contribution in [0.3, 0.4) is 0 Å². The number of halogens is 3. The Labute approximate surface area is 127 Å². The molecule has 0 radical (unpaired) electrons. The summed E-state index contributed by atoms with van der Waals surface area (Å²) in [5.41, 5.74) is 0.722. The molecule has 1 aliphatic heterocycles. The van der Waals surface area contributed by atoms with Crippen LogP contribution >= 0.6 is 0 Å². The molecule has 0 bridgehead atoms. The molecule has 116 valence electrons. The van der Waals surface area contributed by atoms with Crippen molar-refractivity contribution in [2.45, 2.75) is 26.1 Å². The van der Waals surface area contributed by atoms with Crippen molar-refractivity contribution >= 4 is 17.2 Å². The summed E-state index contributed by atoms with van der Waals surface area (Å²) >= 11 is 0. The van der Waals surface area contributed by atoms with Crippen LogP contribution in [0.5, 0.6) is 0 Å². The third-order valence-electron chi connectivity index (χ3n) is 3.72. The molecule has 0 spiro atoms. The average Bonchev–Trinajstić information content (AvgIpc) is 2.86. The van der Waals surface area contributed by atoms with Gasteiger partial charge in [0.2, 0.25) is 0 Å². The first-order valence-electron chi connectivity index (χ1n) is 7.04. The molecule has 0 saturated heterocycles. The van der Waals surface area contributed by atoms with E-state index in [1.165, 1.54) is 6.07 Å². The number of benzene rings is 1. The zero-order chi connectivity index (χ0) is 15.9. The largest absolute Gasteiger partial charge is 0.417 e. The third-order valence-corrected chi connectivity index (χ3v) is 3.72. The number of hydrogen-bond acceptors (Lipinski definition) is 3. The first-order chi connectivity index (χ1) is 10.4. The Kier molecular flexibility index (Phi) is 3.47. The van der Waals surface area contributed by atoms with E-state index in [2.05, 4.69) is 4.98 Å². The second kappa shape index (κ2) is 5.19. The van der Waals surface area contributed by atoms with Crippen LogP contribution in [0.1, 0.15) is 19.4 Å². The quantitative estimate of drug-likeness (QED) is 0.818. The van der Waals surface area contributed by atoms with Gasteiger partial charge in [0, 0.05) is 17.9 Å². The standard InChI is InChI=1S/C16H16F3N3/c1-11(2)21-10-22(13-6-4-3-5-7-13)15-14(21)8-12(9-20-15)16(17,18)19/h3-9,11H,10H2,1-2H3. The lowest BCUT2D eigenvalue weighted by molar-refractivity contribution is -0.137. The molecule has 3 rings (SSSR count). The van der Waals surface area contributed by atoms with Gasteiger partial charge in [-0.25, -0.2) is 4.98 Å². The highest BCUT2D eigenvalue weighted by Gasteiger charge is 2.36. The van der Waals surface area contributed by atoms with Crippen LogP contribution in [0.25, 0.3) is 0 Å². The van der Waals surface area contributed by atoms with Crippen molar-refractivity contribution in [2.24, 2.45) is 0 Å². The molecule has 0 amide bonds. The van der Waals surface area contributed by atoms with Crippen LogP contribution in [-0.4, -0.2) is 17.7 Å². The number of pyridine rings is 1. The van der Waals surface area contributed by atoms with E-state index in [0.29, 0.717) is 18.2 Å². The summed E-state index contributed by atoms with van der Waals surface area (Å²) in [6.45, 7) is 4.41. The fourth-order valence-corrected chi connectivity index (χ4v) is 2.57. The number of alkyl halides is 3. The minimum atomic E-state index is -4.38. The van der Waals surface area contributed by atoms with Crippen LogP contribution < -0.4 is 9.80 Å². The molecular weight excluding hydrogens is 291 g/mol. The van der Waals surface area contributed by atoms with Crippen molar-refractivity contribution in [1.29, 1.82) is 0 Å². The van der Waals surface area contributed by atoms with Crippen molar-refractivity contribution in [2.75, 3.05) is 16.5 Å². The number of rotatable bonds is 2. The van der Waals surface area contributed by atoms with E-state index < -0.39 is 11.7 Å². The molecule has 1 aromatic heterocycles. The lowest BCUT2D eigenvalue weighted by Crippen LogP contribution is -2.33. The molecule has 1 aromatic carbocycles. The maximum Gasteiger partial charge on any atom is 0.417 e. The van der Waals surface area contributed by atoms with Crippen LogP contribution in [0, 0.1) is 0 Å². The van der Waals surface area contributed by atoms with E-state index in [9.17, 15) is 13.2 Å². The Hall–Kier alpha value is -2.24. The molecule has 0 unspecified atom stereocenters. The van der Waals surface area contributed by atoms with Crippen molar-refractivity contribution in [3.05, 3.63) is 48.2 Å². The highest BCUT2D eigenvalue weighted by molar-refractivity contribution is 5.79. The van der Waals surface area contributed by atoms with Gasteiger partial charge in [0.05, 0.1) is 17.9 Å². The summed E-state index contributed by atoms with van der Waals surface area (Å²) in [5, 5.41) is 0. The van der Waals surface area contributed by atoms with Gasteiger partial charge in [0.1, 0.15) is 0 Å². The minimum absolute atomic E-state index is 0.0812. The zero-order valence-electron chi connectivity index (χ0n) is 12.3. The summed E-state index contributed by atoms with van der Waals surface area (Å²) in [6.07, 6.45) is -3.48. The van der Waals surface area contributed by atoms with E-state index in [1.807, 2.05) is 54.0 Å². The topological polar surface area (TPSA) is 19.4 Å². The van der Waals surface area contributed by atoms with Gasteiger partial charge in [0.15, 0.2) is 5.82 Å². The summed E-state index contributed by atoms with van der Waals surface area (Å²) in [4.78, 5) is 7.93. The van der Waals surface area contributed by atoms with E-state index >= 15 is 0 Å². The highest BCUT2D eigenvalue weighted by Crippen LogP contribution is 2.42. The number of anilines is 3. The SMILES string of the molecule is CC(C)N1CN(c2ccccc2)c2ncc(C(F)(F)F)cc21. The second-order valence-electron chi connectivity index (χ2n) is 5.53. The van der Waals surface area contributed by atoms with Gasteiger partial charge in [-0.2, -0.15) is 13.2 Å². The second-order valence-corrected chi connectivity index (χ2v) is 5.53. The fourth-order valence-electron chi connectivity index (χ4n) is 2.57. The third kappa shape index (κ3) is 2.49.